The van der Waals surface area contributed by atoms with E-state index in [0.29, 0.717) is 4.57 Å². The van der Waals surface area contributed by atoms with Crippen LogP contribution >= 0.6 is 30.8 Å². The zero-order chi connectivity index (χ0) is 22.9. The van der Waals surface area contributed by atoms with E-state index in [4.69, 9.17) is 23.2 Å². The minimum atomic E-state index is -5.06. The van der Waals surface area contributed by atoms with Gasteiger partial charge in [0, 0.05) is 25.8 Å². The highest BCUT2D eigenvalue weighted by Gasteiger charge is 2.46. The molecule has 0 saturated carbocycles. The predicted molar refractivity (Wildman–Crippen MR) is 103 cm³/mol. The van der Waals surface area contributed by atoms with Crippen molar-refractivity contribution in [3.05, 3.63) is 45.6 Å². The van der Waals surface area contributed by atoms with Crippen molar-refractivity contribution in [1.82, 2.24) is 4.57 Å². The van der Waals surface area contributed by atoms with Crippen molar-refractivity contribution in [2.24, 2.45) is 0 Å². The predicted octanol–water partition coefficient (Wildman–Crippen LogP) is 5.29. The van der Waals surface area contributed by atoms with Crippen LogP contribution in [-0.4, -0.2) is 35.5 Å². The molecule has 0 fully saturated rings. The molecule has 0 aliphatic heterocycles. The number of benzene rings is 1. The molecule has 1 heterocycles. The molecule has 1 atom stereocenters. The first-order valence-electron chi connectivity index (χ1n) is 8.00. The molecule has 0 radical (unpaired) electrons. The summed E-state index contributed by atoms with van der Waals surface area (Å²) in [6.07, 6.45) is -5.06. The molecule has 2 rings (SSSR count). The molecule has 0 aliphatic rings. The summed E-state index contributed by atoms with van der Waals surface area (Å²) < 4.78 is 64.0. The highest BCUT2D eigenvalue weighted by atomic mass is 35.5. The van der Waals surface area contributed by atoms with Gasteiger partial charge in [0.1, 0.15) is 11.8 Å². The summed E-state index contributed by atoms with van der Waals surface area (Å²) in [7, 11) is -2.53. The van der Waals surface area contributed by atoms with E-state index in [1.54, 1.807) is 6.07 Å². The number of hydrogen-bond donors (Lipinski definition) is 1. The van der Waals surface area contributed by atoms with Crippen LogP contribution in [0.1, 0.15) is 11.3 Å². The first-order chi connectivity index (χ1) is 13.9. The third-order valence-electron chi connectivity index (χ3n) is 4.23. The second-order valence-corrected chi connectivity index (χ2v) is 9.12. The summed E-state index contributed by atoms with van der Waals surface area (Å²) in [5.41, 5.74) is -4.20. The van der Waals surface area contributed by atoms with E-state index in [1.165, 1.54) is 24.3 Å². The van der Waals surface area contributed by atoms with Crippen molar-refractivity contribution in [1.29, 1.82) is 5.26 Å². The molecule has 1 N–H and O–H groups in total. The van der Waals surface area contributed by atoms with Gasteiger partial charge in [-0.05, 0) is 17.7 Å². The lowest BCUT2D eigenvalue weighted by Crippen LogP contribution is -2.30. The number of nitrogens with zero attached hydrogens (tertiary/aromatic N) is 2. The number of aliphatic carboxylic acids is 1. The summed E-state index contributed by atoms with van der Waals surface area (Å²) in [5, 5.41) is 18.3. The largest absolute Gasteiger partial charge is 0.481 e. The summed E-state index contributed by atoms with van der Waals surface area (Å²) in [5.74, 6) is -1.72. The number of hydrogen-bond acceptors (Lipinski definition) is 5. The highest BCUT2D eigenvalue weighted by Crippen LogP contribution is 2.53. The Balaban J connectivity index is 2.88. The van der Waals surface area contributed by atoms with Crippen LogP contribution in [0.3, 0.4) is 0 Å². The van der Waals surface area contributed by atoms with Crippen LogP contribution in [-0.2, 0) is 31.1 Å². The van der Waals surface area contributed by atoms with Gasteiger partial charge < -0.3 is 18.7 Å². The molecular weight excluding hydrogens is 471 g/mol. The number of carbonyl (C=O) groups is 1. The maximum atomic E-state index is 13.8. The number of rotatable bonds is 7. The van der Waals surface area contributed by atoms with Crippen LogP contribution in [0.25, 0.3) is 11.3 Å². The Morgan fingerprint density at radius 1 is 1.27 bits per heavy atom. The first kappa shape index (κ1) is 24.3. The van der Waals surface area contributed by atoms with Crippen LogP contribution in [0.5, 0.6) is 0 Å². The lowest BCUT2D eigenvalue weighted by atomic mass is 10.1. The maximum absolute atomic E-state index is 13.8. The highest BCUT2D eigenvalue weighted by molar-refractivity contribution is 7.55. The summed E-state index contributed by atoms with van der Waals surface area (Å²) in [4.78, 5) is 11.7. The minimum Gasteiger partial charge on any atom is -0.481 e. The van der Waals surface area contributed by atoms with E-state index in [1.807, 2.05) is 0 Å². The Hall–Kier alpha value is -2.02. The van der Waals surface area contributed by atoms with Crippen molar-refractivity contribution in [2.75, 3.05) is 14.2 Å². The Kier molecular flexibility index (Phi) is 7.28. The van der Waals surface area contributed by atoms with Gasteiger partial charge in [-0.3, -0.25) is 9.36 Å². The zero-order valence-electron chi connectivity index (χ0n) is 15.4. The fraction of sp³-hybridized carbons (Fsp3) is 0.294. The molecule has 1 aromatic carbocycles. The smallest absolute Gasteiger partial charge is 0.432 e. The van der Waals surface area contributed by atoms with Gasteiger partial charge in [0.15, 0.2) is 5.66 Å². The van der Waals surface area contributed by atoms with Gasteiger partial charge in [0.2, 0.25) is 0 Å². The summed E-state index contributed by atoms with van der Waals surface area (Å²) in [6, 6.07) is 7.05. The Labute approximate surface area is 179 Å². The van der Waals surface area contributed by atoms with Crippen molar-refractivity contribution in [3.8, 4) is 17.3 Å². The molecular formula is C17H14Cl2F3N2O5P. The fourth-order valence-corrected chi connectivity index (χ4v) is 4.63. The molecule has 0 saturated heterocycles. The van der Waals surface area contributed by atoms with E-state index in [-0.39, 0.29) is 16.3 Å². The molecule has 0 bridgehead atoms. The number of carboxylic acid groups (broad SMARTS) is 1. The van der Waals surface area contributed by atoms with Gasteiger partial charge >= 0.3 is 19.7 Å². The molecule has 162 valence electrons. The van der Waals surface area contributed by atoms with Crippen LogP contribution in [0, 0.1) is 11.3 Å². The Morgan fingerprint density at radius 3 is 2.20 bits per heavy atom. The quantitative estimate of drug-likeness (QED) is 0.535. The molecule has 1 unspecified atom stereocenters. The van der Waals surface area contributed by atoms with Gasteiger partial charge in [-0.2, -0.15) is 18.4 Å². The third-order valence-corrected chi connectivity index (χ3v) is 7.02. The van der Waals surface area contributed by atoms with Gasteiger partial charge in [0.25, 0.3) is 0 Å². The number of halogens is 5. The van der Waals surface area contributed by atoms with E-state index in [2.05, 4.69) is 9.05 Å². The number of aromatic nitrogens is 1. The molecule has 0 spiro atoms. The standard InChI is InChI=1S/C17H14Cl2F3N2O5P/c1-28-30(27,29-2)12(16(25)26)8-24-14(9-3-5-10(18)6-4-9)11(7-23)13(19)15(24)17(20,21)22/h3-6,12H,8H2,1-2H3,(H,25,26). The average Bonchev–Trinajstić information content (AvgIpc) is 2.97. The van der Waals surface area contributed by atoms with Gasteiger partial charge in [-0.25, -0.2) is 0 Å². The number of alkyl halides is 3. The third kappa shape index (κ3) is 4.51. The first-order valence-corrected chi connectivity index (χ1v) is 10.4. The monoisotopic (exact) mass is 484 g/mol. The van der Waals surface area contributed by atoms with Crippen LogP contribution in [0.15, 0.2) is 24.3 Å². The lowest BCUT2D eigenvalue weighted by molar-refractivity contribution is -0.145. The second-order valence-electron chi connectivity index (χ2n) is 5.87. The maximum Gasteiger partial charge on any atom is 0.432 e. The molecule has 13 heteroatoms. The SMILES string of the molecule is COP(=O)(OC)C(Cn1c(-c2ccc(Cl)cc2)c(C#N)c(Cl)c1C(F)(F)F)C(=O)O. The number of nitriles is 1. The molecule has 30 heavy (non-hydrogen) atoms. The minimum absolute atomic E-state index is 0.113. The molecule has 0 amide bonds. The van der Waals surface area contributed by atoms with E-state index >= 15 is 0 Å². The zero-order valence-corrected chi connectivity index (χ0v) is 17.8. The fourth-order valence-electron chi connectivity index (χ4n) is 2.87. The van der Waals surface area contributed by atoms with Crippen molar-refractivity contribution < 1.29 is 36.7 Å². The van der Waals surface area contributed by atoms with Gasteiger partial charge in [0.05, 0.1) is 16.3 Å². The van der Waals surface area contributed by atoms with Crippen molar-refractivity contribution in [3.63, 3.8) is 0 Å². The van der Waals surface area contributed by atoms with Gasteiger partial charge in [-0.1, -0.05) is 35.3 Å². The number of carboxylic acids is 1. The molecule has 1 aromatic heterocycles. The Morgan fingerprint density at radius 2 is 1.80 bits per heavy atom. The summed E-state index contributed by atoms with van der Waals surface area (Å²) >= 11 is 11.7. The topological polar surface area (TPSA) is 102 Å². The van der Waals surface area contributed by atoms with Crippen LogP contribution in [0.4, 0.5) is 13.2 Å². The van der Waals surface area contributed by atoms with Crippen molar-refractivity contribution in [2.45, 2.75) is 18.4 Å². The van der Waals surface area contributed by atoms with Crippen LogP contribution < -0.4 is 0 Å². The normalized spacial score (nSPS) is 13.1. The van der Waals surface area contributed by atoms with E-state index in [9.17, 15) is 32.9 Å². The lowest BCUT2D eigenvalue weighted by Gasteiger charge is -2.24. The molecule has 7 nitrogen and oxygen atoms in total. The molecule has 0 aliphatic carbocycles. The molecule has 2 aromatic rings. The average molecular weight is 485 g/mol. The second kappa shape index (κ2) is 9.00. The van der Waals surface area contributed by atoms with E-state index < -0.39 is 48.2 Å². The van der Waals surface area contributed by atoms with Crippen molar-refractivity contribution >= 4 is 36.8 Å². The van der Waals surface area contributed by atoms with E-state index in [0.717, 1.165) is 14.2 Å². The summed E-state index contributed by atoms with van der Waals surface area (Å²) in [6.45, 7) is -0.998. The van der Waals surface area contributed by atoms with Crippen LogP contribution in [0.2, 0.25) is 10.0 Å². The Bertz CT molecular complexity index is 1040. The van der Waals surface area contributed by atoms with Gasteiger partial charge in [-0.15, -0.1) is 0 Å².